The van der Waals surface area contributed by atoms with Crippen molar-refractivity contribution in [3.8, 4) is 11.4 Å². The Bertz CT molecular complexity index is 868. The molecule has 1 aromatic carbocycles. The summed E-state index contributed by atoms with van der Waals surface area (Å²) in [6.45, 7) is 0.186. The van der Waals surface area contributed by atoms with E-state index < -0.39 is 0 Å². The third kappa shape index (κ3) is 3.61. The van der Waals surface area contributed by atoms with Gasteiger partial charge in [0.25, 0.3) is 0 Å². The second-order valence-electron chi connectivity index (χ2n) is 6.01. The van der Waals surface area contributed by atoms with Crippen LogP contribution in [0.25, 0.3) is 11.4 Å². The molecule has 8 nitrogen and oxygen atoms in total. The fourth-order valence-corrected chi connectivity index (χ4v) is 2.86. The van der Waals surface area contributed by atoms with Crippen LogP contribution in [-0.4, -0.2) is 27.1 Å². The van der Waals surface area contributed by atoms with Gasteiger partial charge in [-0.1, -0.05) is 35.5 Å². The van der Waals surface area contributed by atoms with Crippen LogP contribution >= 0.6 is 0 Å². The average molecular weight is 350 g/mol. The lowest BCUT2D eigenvalue weighted by molar-refractivity contribution is -0.123. The zero-order valence-electron chi connectivity index (χ0n) is 13.9. The minimum Gasteiger partial charge on any atom is -0.346 e. The number of rotatable bonds is 5. The predicted octanol–water partition coefficient (Wildman–Crippen LogP) is 1.36. The topological polar surface area (TPSA) is 105 Å². The summed E-state index contributed by atoms with van der Waals surface area (Å²) in [4.78, 5) is 20.6. The Morgan fingerprint density at radius 2 is 1.96 bits per heavy atom. The minimum absolute atomic E-state index is 0.105. The van der Waals surface area contributed by atoms with Gasteiger partial charge in [0.15, 0.2) is 0 Å². The van der Waals surface area contributed by atoms with Gasteiger partial charge >= 0.3 is 0 Å². The molecule has 3 N–H and O–H groups in total. The maximum Gasteiger partial charge on any atom is 0.246 e. The maximum atomic E-state index is 12.4. The van der Waals surface area contributed by atoms with Gasteiger partial charge in [-0.3, -0.25) is 9.78 Å². The molecule has 1 fully saturated rings. The summed E-state index contributed by atoms with van der Waals surface area (Å²) in [5, 5.41) is 6.75. The van der Waals surface area contributed by atoms with Gasteiger partial charge in [-0.2, -0.15) is 4.98 Å². The first-order valence-electron chi connectivity index (χ1n) is 8.36. The molecule has 0 radical (unpaired) electrons. The van der Waals surface area contributed by atoms with Gasteiger partial charge in [-0.15, -0.1) is 0 Å². The summed E-state index contributed by atoms with van der Waals surface area (Å²) < 4.78 is 5.19. The molecule has 2 aromatic heterocycles. The van der Waals surface area contributed by atoms with Crippen LogP contribution in [0.4, 0.5) is 0 Å². The highest BCUT2D eigenvalue weighted by Gasteiger charge is 2.30. The molecule has 132 valence electrons. The Labute approximate surface area is 150 Å². The number of nitrogens with one attached hydrogen (secondary N) is 3. The van der Waals surface area contributed by atoms with Gasteiger partial charge in [0, 0.05) is 24.0 Å². The number of carbonyl (C=O) groups excluding carboxylic acids is 1. The minimum atomic E-state index is -0.317. The van der Waals surface area contributed by atoms with Crippen LogP contribution in [-0.2, 0) is 11.3 Å². The first kappa shape index (κ1) is 16.4. The molecule has 0 aliphatic carbocycles. The van der Waals surface area contributed by atoms with E-state index in [4.69, 9.17) is 4.52 Å². The monoisotopic (exact) mass is 350 g/mol. The van der Waals surface area contributed by atoms with E-state index in [0.29, 0.717) is 18.1 Å². The summed E-state index contributed by atoms with van der Waals surface area (Å²) in [5.74, 6) is 0.719. The highest BCUT2D eigenvalue weighted by molar-refractivity contribution is 5.82. The molecule has 1 amide bonds. The summed E-state index contributed by atoms with van der Waals surface area (Å²) in [6, 6.07) is 13.4. The molecule has 2 atom stereocenters. The highest BCUT2D eigenvalue weighted by atomic mass is 16.5. The van der Waals surface area contributed by atoms with Gasteiger partial charge in [0.1, 0.15) is 6.04 Å². The number of pyridine rings is 1. The van der Waals surface area contributed by atoms with Crippen molar-refractivity contribution in [1.82, 2.24) is 31.3 Å². The van der Waals surface area contributed by atoms with Crippen LogP contribution in [0, 0.1) is 0 Å². The molecule has 2 unspecified atom stereocenters. The van der Waals surface area contributed by atoms with Gasteiger partial charge in [-0.05, 0) is 24.1 Å². The Balaban J connectivity index is 1.31. The summed E-state index contributed by atoms with van der Waals surface area (Å²) in [6.07, 6.45) is 3.99. The number of hydrogen-bond donors (Lipinski definition) is 3. The number of benzene rings is 1. The number of aromatic nitrogens is 3. The lowest BCUT2D eigenvalue weighted by Crippen LogP contribution is -2.42. The largest absolute Gasteiger partial charge is 0.346 e. The molecular formula is C18H18N6O2. The van der Waals surface area contributed by atoms with Crippen molar-refractivity contribution >= 4 is 5.91 Å². The van der Waals surface area contributed by atoms with E-state index in [9.17, 15) is 4.79 Å². The van der Waals surface area contributed by atoms with Crippen LogP contribution in [0.3, 0.4) is 0 Å². The molecule has 26 heavy (non-hydrogen) atoms. The van der Waals surface area contributed by atoms with E-state index in [1.54, 1.807) is 24.5 Å². The van der Waals surface area contributed by atoms with Crippen molar-refractivity contribution in [2.75, 3.05) is 0 Å². The van der Waals surface area contributed by atoms with Crippen molar-refractivity contribution in [3.63, 3.8) is 0 Å². The lowest BCUT2D eigenvalue weighted by atomic mass is 10.0. The molecule has 8 heteroatoms. The van der Waals surface area contributed by atoms with E-state index in [0.717, 1.165) is 11.1 Å². The Morgan fingerprint density at radius 1 is 1.15 bits per heavy atom. The summed E-state index contributed by atoms with van der Waals surface area (Å²) >= 11 is 0. The average Bonchev–Trinajstić information content (AvgIpc) is 3.37. The van der Waals surface area contributed by atoms with E-state index in [2.05, 4.69) is 31.3 Å². The molecule has 1 saturated heterocycles. The standard InChI is InChI=1S/C18H18N6O2/c25-18(15-10-14(22-23-15)12-4-2-1-3-5-12)20-11-16-21-17(24-26-16)13-6-8-19-9-7-13/h1-9,14-15,22-23H,10-11H2,(H,20,25). The van der Waals surface area contributed by atoms with E-state index in [1.165, 1.54) is 0 Å². The summed E-state index contributed by atoms with van der Waals surface area (Å²) in [5.41, 5.74) is 8.16. The van der Waals surface area contributed by atoms with Gasteiger partial charge in [0.2, 0.25) is 17.6 Å². The van der Waals surface area contributed by atoms with E-state index in [-0.39, 0.29) is 24.5 Å². The smallest absolute Gasteiger partial charge is 0.246 e. The van der Waals surface area contributed by atoms with Gasteiger partial charge in [0.05, 0.1) is 6.54 Å². The third-order valence-corrected chi connectivity index (χ3v) is 4.24. The Hall–Kier alpha value is -3.10. The molecule has 1 aliphatic heterocycles. The van der Waals surface area contributed by atoms with Crippen LogP contribution in [0.1, 0.15) is 23.9 Å². The van der Waals surface area contributed by atoms with Crippen molar-refractivity contribution in [2.45, 2.75) is 25.0 Å². The number of hydrogen-bond acceptors (Lipinski definition) is 7. The predicted molar refractivity (Wildman–Crippen MR) is 93.2 cm³/mol. The molecule has 0 spiro atoms. The van der Waals surface area contributed by atoms with Crippen LogP contribution in [0.15, 0.2) is 59.4 Å². The zero-order chi connectivity index (χ0) is 17.8. The molecule has 3 aromatic rings. The fraction of sp³-hybridized carbons (Fsp3) is 0.222. The second-order valence-corrected chi connectivity index (χ2v) is 6.01. The number of carbonyl (C=O) groups is 1. The number of amides is 1. The molecule has 4 rings (SSSR count). The van der Waals surface area contributed by atoms with Crippen LogP contribution in [0.5, 0.6) is 0 Å². The SMILES string of the molecule is O=C(NCc1nc(-c2ccncc2)no1)C1CC(c2ccccc2)NN1. The van der Waals surface area contributed by atoms with Crippen molar-refractivity contribution < 1.29 is 9.32 Å². The quantitative estimate of drug-likeness (QED) is 0.638. The van der Waals surface area contributed by atoms with Crippen molar-refractivity contribution in [1.29, 1.82) is 0 Å². The molecule has 1 aliphatic rings. The van der Waals surface area contributed by atoms with E-state index >= 15 is 0 Å². The third-order valence-electron chi connectivity index (χ3n) is 4.24. The zero-order valence-corrected chi connectivity index (χ0v) is 13.9. The van der Waals surface area contributed by atoms with Crippen molar-refractivity contribution in [2.24, 2.45) is 0 Å². The first-order chi connectivity index (χ1) is 12.8. The first-order valence-corrected chi connectivity index (χ1v) is 8.36. The van der Waals surface area contributed by atoms with Gasteiger partial charge < -0.3 is 9.84 Å². The van der Waals surface area contributed by atoms with E-state index in [1.807, 2.05) is 30.3 Å². The molecule has 0 saturated carbocycles. The lowest BCUT2D eigenvalue weighted by Gasteiger charge is -2.09. The molecular weight excluding hydrogens is 332 g/mol. The summed E-state index contributed by atoms with van der Waals surface area (Å²) in [7, 11) is 0. The van der Waals surface area contributed by atoms with Crippen molar-refractivity contribution in [3.05, 3.63) is 66.3 Å². The van der Waals surface area contributed by atoms with Crippen LogP contribution in [0.2, 0.25) is 0 Å². The fourth-order valence-electron chi connectivity index (χ4n) is 2.86. The normalized spacial score (nSPS) is 19.4. The number of hydrazine groups is 1. The maximum absolute atomic E-state index is 12.4. The second kappa shape index (κ2) is 7.42. The number of nitrogens with zero attached hydrogens (tertiary/aromatic N) is 3. The van der Waals surface area contributed by atoms with Gasteiger partial charge in [-0.25, -0.2) is 10.9 Å². The molecule has 3 heterocycles. The Morgan fingerprint density at radius 3 is 2.77 bits per heavy atom. The van der Waals surface area contributed by atoms with Crippen LogP contribution < -0.4 is 16.2 Å². The Kier molecular flexibility index (Phi) is 4.67. The molecule has 0 bridgehead atoms. The highest BCUT2D eigenvalue weighted by Crippen LogP contribution is 2.21.